The smallest absolute Gasteiger partial charge is 0.315 e. The van der Waals surface area contributed by atoms with Crippen molar-refractivity contribution in [3.05, 3.63) is 0 Å². The second kappa shape index (κ2) is 11.4. The number of rotatable bonds is 9. The summed E-state index contributed by atoms with van der Waals surface area (Å²) in [4.78, 5) is 38.6. The first kappa shape index (κ1) is 23.4. The van der Waals surface area contributed by atoms with Crippen LogP contribution in [-0.4, -0.2) is 66.5 Å². The molecule has 4 amide bonds. The van der Waals surface area contributed by atoms with Gasteiger partial charge in [-0.1, -0.05) is 25.7 Å². The number of nitrogens with zero attached hydrogens (tertiary/aromatic N) is 1. The predicted molar refractivity (Wildman–Crippen MR) is 114 cm³/mol. The van der Waals surface area contributed by atoms with Crippen molar-refractivity contribution in [2.24, 2.45) is 0 Å². The molecule has 4 N–H and O–H groups in total. The predicted octanol–water partition coefficient (Wildman–Crippen LogP) is 1.50. The van der Waals surface area contributed by atoms with Gasteiger partial charge in [-0.2, -0.15) is 0 Å². The Balaban J connectivity index is 1.80. The van der Waals surface area contributed by atoms with Gasteiger partial charge in [0, 0.05) is 30.7 Å². The van der Waals surface area contributed by atoms with Crippen molar-refractivity contribution < 1.29 is 14.4 Å². The molecule has 8 heteroatoms. The van der Waals surface area contributed by atoms with Crippen LogP contribution in [-0.2, 0) is 9.59 Å². The summed E-state index contributed by atoms with van der Waals surface area (Å²) in [6, 6.07) is 0.267. The molecule has 0 saturated heterocycles. The van der Waals surface area contributed by atoms with Crippen LogP contribution in [0.1, 0.15) is 72.1 Å². The van der Waals surface area contributed by atoms with Gasteiger partial charge in [-0.3, -0.25) is 14.5 Å². The summed E-state index contributed by atoms with van der Waals surface area (Å²) in [6.07, 6.45) is 8.75. The third-order valence-electron chi connectivity index (χ3n) is 5.38. The van der Waals surface area contributed by atoms with Crippen LogP contribution in [0, 0.1) is 0 Å². The zero-order valence-electron chi connectivity index (χ0n) is 18.3. The molecule has 2 rings (SSSR count). The minimum Gasteiger partial charge on any atom is -0.352 e. The van der Waals surface area contributed by atoms with Crippen molar-refractivity contribution in [3.8, 4) is 0 Å². The summed E-state index contributed by atoms with van der Waals surface area (Å²) >= 11 is 0. The van der Waals surface area contributed by atoms with Gasteiger partial charge in [0.2, 0.25) is 11.8 Å². The van der Waals surface area contributed by atoms with Crippen molar-refractivity contribution in [2.45, 2.75) is 89.8 Å². The fourth-order valence-electron chi connectivity index (χ4n) is 4.02. The normalized spacial score (nSPS) is 18.1. The quantitative estimate of drug-likeness (QED) is 0.463. The third kappa shape index (κ3) is 9.96. The molecule has 0 bridgehead atoms. The zero-order chi connectivity index (χ0) is 21.3. The molecule has 2 saturated carbocycles. The second-order valence-electron chi connectivity index (χ2n) is 9.44. The van der Waals surface area contributed by atoms with Gasteiger partial charge in [0.25, 0.3) is 0 Å². The Morgan fingerprint density at radius 1 is 0.828 bits per heavy atom. The largest absolute Gasteiger partial charge is 0.352 e. The van der Waals surface area contributed by atoms with E-state index < -0.39 is 0 Å². The highest BCUT2D eigenvalue weighted by Crippen LogP contribution is 2.18. The van der Waals surface area contributed by atoms with E-state index >= 15 is 0 Å². The molecular weight excluding hydrogens is 370 g/mol. The Morgan fingerprint density at radius 3 is 1.69 bits per heavy atom. The Morgan fingerprint density at radius 2 is 1.28 bits per heavy atom. The van der Waals surface area contributed by atoms with Crippen LogP contribution in [0.3, 0.4) is 0 Å². The maximum atomic E-state index is 12.4. The minimum absolute atomic E-state index is 0.0512. The van der Waals surface area contributed by atoms with Crippen LogP contribution in [0.5, 0.6) is 0 Å². The fourth-order valence-corrected chi connectivity index (χ4v) is 4.02. The number of nitrogens with one attached hydrogen (secondary N) is 4. The van der Waals surface area contributed by atoms with Gasteiger partial charge in [0.1, 0.15) is 0 Å². The molecule has 0 aromatic rings. The van der Waals surface area contributed by atoms with Crippen LogP contribution < -0.4 is 21.3 Å². The minimum atomic E-state index is -0.313. The van der Waals surface area contributed by atoms with E-state index in [-0.39, 0.29) is 48.6 Å². The lowest BCUT2D eigenvalue weighted by Gasteiger charge is -2.24. The number of hydrogen-bond acceptors (Lipinski definition) is 4. The number of urea groups is 1. The van der Waals surface area contributed by atoms with Gasteiger partial charge >= 0.3 is 6.03 Å². The van der Waals surface area contributed by atoms with Crippen molar-refractivity contribution in [1.82, 2.24) is 26.2 Å². The third-order valence-corrected chi connectivity index (χ3v) is 5.38. The van der Waals surface area contributed by atoms with E-state index in [1.165, 1.54) is 0 Å². The molecule has 8 nitrogen and oxygen atoms in total. The second-order valence-corrected chi connectivity index (χ2v) is 9.44. The molecule has 0 radical (unpaired) electrons. The highest BCUT2D eigenvalue weighted by molar-refractivity contribution is 5.81. The highest BCUT2D eigenvalue weighted by Gasteiger charge is 2.22. The average Bonchev–Trinajstić information content (AvgIpc) is 3.26. The van der Waals surface area contributed by atoms with E-state index in [9.17, 15) is 14.4 Å². The van der Waals surface area contributed by atoms with Gasteiger partial charge in [0.15, 0.2) is 0 Å². The maximum absolute atomic E-state index is 12.4. The van der Waals surface area contributed by atoms with Crippen LogP contribution >= 0.6 is 0 Å². The number of amides is 4. The number of carbonyl (C=O) groups excluding carboxylic acids is 3. The summed E-state index contributed by atoms with van der Waals surface area (Å²) in [5.41, 5.74) is -0.313. The summed E-state index contributed by atoms with van der Waals surface area (Å²) < 4.78 is 0. The standard InChI is InChI=1S/C21H39N5O3/c1-21(2,3)25-20(29)22-12-13-26(14-18(27)23-16-8-4-5-9-16)15-19(28)24-17-10-6-7-11-17/h16-17H,4-15H2,1-3H3,(H,23,27)(H,24,28)(H2,22,25,29). The lowest BCUT2D eigenvalue weighted by Crippen LogP contribution is -2.50. The molecule has 2 aliphatic carbocycles. The van der Waals surface area contributed by atoms with Crippen molar-refractivity contribution in [1.29, 1.82) is 0 Å². The Labute approximate surface area is 174 Å². The van der Waals surface area contributed by atoms with E-state index in [0.29, 0.717) is 13.1 Å². The lowest BCUT2D eigenvalue weighted by atomic mass is 10.1. The van der Waals surface area contributed by atoms with Crippen LogP contribution in [0.15, 0.2) is 0 Å². The van der Waals surface area contributed by atoms with Crippen molar-refractivity contribution in [2.75, 3.05) is 26.2 Å². The first-order valence-electron chi connectivity index (χ1n) is 11.1. The van der Waals surface area contributed by atoms with Crippen molar-refractivity contribution in [3.63, 3.8) is 0 Å². The summed E-state index contributed by atoms with van der Waals surface area (Å²) in [7, 11) is 0. The van der Waals surface area contributed by atoms with E-state index in [1.54, 1.807) is 0 Å². The molecule has 0 heterocycles. The van der Waals surface area contributed by atoms with E-state index in [4.69, 9.17) is 0 Å². The van der Waals surface area contributed by atoms with E-state index in [2.05, 4.69) is 21.3 Å². The van der Waals surface area contributed by atoms with Gasteiger partial charge in [0.05, 0.1) is 13.1 Å². The van der Waals surface area contributed by atoms with Crippen LogP contribution in [0.25, 0.3) is 0 Å². The molecule has 2 aliphatic rings. The van der Waals surface area contributed by atoms with Gasteiger partial charge in [-0.15, -0.1) is 0 Å². The average molecular weight is 410 g/mol. The molecule has 0 spiro atoms. The molecule has 29 heavy (non-hydrogen) atoms. The Bertz CT molecular complexity index is 517. The Hall–Kier alpha value is -1.83. The van der Waals surface area contributed by atoms with E-state index in [1.807, 2.05) is 25.7 Å². The van der Waals surface area contributed by atoms with E-state index in [0.717, 1.165) is 51.4 Å². The highest BCUT2D eigenvalue weighted by atomic mass is 16.2. The molecule has 0 aromatic carbocycles. The van der Waals surface area contributed by atoms with Crippen molar-refractivity contribution >= 4 is 17.8 Å². The first-order valence-corrected chi connectivity index (χ1v) is 11.1. The molecule has 0 unspecified atom stereocenters. The monoisotopic (exact) mass is 409 g/mol. The molecular formula is C21H39N5O3. The first-order chi connectivity index (χ1) is 13.7. The molecule has 0 aliphatic heterocycles. The molecule has 166 valence electrons. The van der Waals surface area contributed by atoms with Crippen LogP contribution in [0.2, 0.25) is 0 Å². The zero-order valence-corrected chi connectivity index (χ0v) is 18.3. The van der Waals surface area contributed by atoms with Gasteiger partial charge in [-0.05, 0) is 46.5 Å². The SMILES string of the molecule is CC(C)(C)NC(=O)NCCN(CC(=O)NC1CCCC1)CC(=O)NC1CCCC1. The molecule has 0 aromatic heterocycles. The number of carbonyl (C=O) groups is 3. The Kier molecular flexibility index (Phi) is 9.20. The van der Waals surface area contributed by atoms with Crippen LogP contribution in [0.4, 0.5) is 4.79 Å². The summed E-state index contributed by atoms with van der Waals surface area (Å²) in [6.45, 7) is 6.89. The van der Waals surface area contributed by atoms with Gasteiger partial charge in [-0.25, -0.2) is 4.79 Å². The molecule has 0 atom stereocenters. The topological polar surface area (TPSA) is 103 Å². The maximum Gasteiger partial charge on any atom is 0.315 e. The van der Waals surface area contributed by atoms with Gasteiger partial charge < -0.3 is 21.3 Å². The summed E-state index contributed by atoms with van der Waals surface area (Å²) in [5, 5.41) is 11.8. The molecule has 2 fully saturated rings. The number of hydrogen-bond donors (Lipinski definition) is 4. The lowest BCUT2D eigenvalue weighted by molar-refractivity contribution is -0.125. The fraction of sp³-hybridized carbons (Fsp3) is 0.857. The summed E-state index contributed by atoms with van der Waals surface area (Å²) in [5.74, 6) is -0.102.